The molecule has 0 saturated carbocycles. The van der Waals surface area contributed by atoms with Gasteiger partial charge in [-0.15, -0.1) is 0 Å². The van der Waals surface area contributed by atoms with Crippen LogP contribution in [-0.4, -0.2) is 74.2 Å². The molecule has 4 saturated heterocycles. The Morgan fingerprint density at radius 3 is 2.62 bits per heavy atom. The van der Waals surface area contributed by atoms with Crippen molar-refractivity contribution >= 4 is 5.91 Å². The molecule has 2 bridgehead atoms. The molecule has 5 heterocycles. The number of hydrogen-bond donors (Lipinski definition) is 0. The number of aryl methyl sites for hydroxylation is 2. The van der Waals surface area contributed by atoms with Gasteiger partial charge in [-0.2, -0.15) is 5.10 Å². The number of piperidine rings is 2. The Balaban J connectivity index is 1.42. The molecular formula is C20H33N5O. The SMILES string of the molecule is Cc1cc(CN2CC3CCC2CN3C(=O)C2CCCN2C(C)C)nn1C. The zero-order valence-electron chi connectivity index (χ0n) is 16.7. The third-order valence-electron chi connectivity index (χ3n) is 6.70. The van der Waals surface area contributed by atoms with Gasteiger partial charge in [0.2, 0.25) is 5.91 Å². The molecule has 0 spiro atoms. The normalized spacial score (nSPS) is 29.9. The summed E-state index contributed by atoms with van der Waals surface area (Å²) in [5.41, 5.74) is 2.35. The molecule has 4 fully saturated rings. The minimum absolute atomic E-state index is 0.112. The Morgan fingerprint density at radius 1 is 1.23 bits per heavy atom. The van der Waals surface area contributed by atoms with Crippen molar-refractivity contribution in [3.05, 3.63) is 17.5 Å². The fourth-order valence-electron chi connectivity index (χ4n) is 5.16. The second kappa shape index (κ2) is 6.97. The molecule has 1 aromatic heterocycles. The highest BCUT2D eigenvalue weighted by Crippen LogP contribution is 2.32. The number of piperazine rings is 1. The first-order chi connectivity index (χ1) is 12.4. The third-order valence-corrected chi connectivity index (χ3v) is 6.70. The number of likely N-dealkylation sites (tertiary alicyclic amines) is 1. The molecule has 0 aliphatic carbocycles. The predicted molar refractivity (Wildman–Crippen MR) is 102 cm³/mol. The lowest BCUT2D eigenvalue weighted by atomic mass is 9.89. The maximum absolute atomic E-state index is 13.3. The first-order valence-electron chi connectivity index (χ1n) is 10.2. The molecule has 6 nitrogen and oxygen atoms in total. The minimum Gasteiger partial charge on any atom is -0.335 e. The van der Waals surface area contributed by atoms with Gasteiger partial charge in [-0.1, -0.05) is 0 Å². The van der Waals surface area contributed by atoms with Crippen LogP contribution in [0, 0.1) is 6.92 Å². The van der Waals surface area contributed by atoms with Crippen LogP contribution < -0.4 is 0 Å². The number of hydrogen-bond acceptors (Lipinski definition) is 4. The summed E-state index contributed by atoms with van der Waals surface area (Å²) in [5.74, 6) is 0.388. The molecule has 1 aromatic rings. The van der Waals surface area contributed by atoms with E-state index in [2.05, 4.69) is 46.6 Å². The van der Waals surface area contributed by atoms with Crippen LogP contribution in [0.3, 0.4) is 0 Å². The van der Waals surface area contributed by atoms with Crippen molar-refractivity contribution in [2.75, 3.05) is 19.6 Å². The highest BCUT2D eigenvalue weighted by Gasteiger charge is 2.44. The van der Waals surface area contributed by atoms with Crippen molar-refractivity contribution < 1.29 is 4.79 Å². The summed E-state index contributed by atoms with van der Waals surface area (Å²) in [4.78, 5) is 20.4. The van der Waals surface area contributed by atoms with Crippen LogP contribution in [0.5, 0.6) is 0 Å². The number of carbonyl (C=O) groups excluding carboxylic acids is 1. The van der Waals surface area contributed by atoms with Crippen molar-refractivity contribution in [3.8, 4) is 0 Å². The van der Waals surface area contributed by atoms with Crippen molar-refractivity contribution in [1.82, 2.24) is 24.5 Å². The summed E-state index contributed by atoms with van der Waals surface area (Å²) in [6, 6.07) is 3.62. The first-order valence-corrected chi connectivity index (χ1v) is 10.2. The molecule has 3 atom stereocenters. The lowest BCUT2D eigenvalue weighted by molar-refractivity contribution is -0.147. The number of fused-ring (bicyclic) bond motifs is 3. The summed E-state index contributed by atoms with van der Waals surface area (Å²) in [7, 11) is 2.00. The summed E-state index contributed by atoms with van der Waals surface area (Å²) < 4.78 is 1.95. The van der Waals surface area contributed by atoms with E-state index in [9.17, 15) is 4.79 Å². The molecule has 5 rings (SSSR count). The van der Waals surface area contributed by atoms with E-state index < -0.39 is 0 Å². The molecule has 3 unspecified atom stereocenters. The quantitative estimate of drug-likeness (QED) is 0.822. The molecule has 0 N–H and O–H groups in total. The van der Waals surface area contributed by atoms with Gasteiger partial charge in [0.05, 0.1) is 11.7 Å². The maximum atomic E-state index is 13.3. The van der Waals surface area contributed by atoms with Gasteiger partial charge in [-0.05, 0) is 59.1 Å². The van der Waals surface area contributed by atoms with Gasteiger partial charge in [0.1, 0.15) is 0 Å². The smallest absolute Gasteiger partial charge is 0.240 e. The van der Waals surface area contributed by atoms with Crippen LogP contribution in [0.15, 0.2) is 6.07 Å². The van der Waals surface area contributed by atoms with Crippen molar-refractivity contribution in [2.24, 2.45) is 7.05 Å². The Morgan fingerprint density at radius 2 is 2.00 bits per heavy atom. The molecule has 0 radical (unpaired) electrons. The lowest BCUT2D eigenvalue weighted by Crippen LogP contribution is -2.65. The average molecular weight is 360 g/mol. The summed E-state index contributed by atoms with van der Waals surface area (Å²) in [6.07, 6.45) is 4.55. The van der Waals surface area contributed by atoms with Crippen LogP contribution >= 0.6 is 0 Å². The van der Waals surface area contributed by atoms with Crippen LogP contribution in [0.25, 0.3) is 0 Å². The zero-order chi connectivity index (χ0) is 18.4. The van der Waals surface area contributed by atoms with Crippen molar-refractivity contribution in [3.63, 3.8) is 0 Å². The number of nitrogens with zero attached hydrogens (tertiary/aromatic N) is 5. The van der Waals surface area contributed by atoms with Gasteiger partial charge in [-0.25, -0.2) is 0 Å². The summed E-state index contributed by atoms with van der Waals surface area (Å²) in [6.45, 7) is 10.4. The molecule has 4 aliphatic rings. The minimum atomic E-state index is 0.112. The molecule has 1 amide bonds. The van der Waals surface area contributed by atoms with E-state index in [-0.39, 0.29) is 6.04 Å². The van der Waals surface area contributed by atoms with Gasteiger partial charge in [0.25, 0.3) is 0 Å². The largest absolute Gasteiger partial charge is 0.335 e. The number of carbonyl (C=O) groups is 1. The van der Waals surface area contributed by atoms with Crippen LogP contribution in [0.1, 0.15) is 50.9 Å². The van der Waals surface area contributed by atoms with Gasteiger partial charge < -0.3 is 4.90 Å². The number of amides is 1. The summed E-state index contributed by atoms with van der Waals surface area (Å²) >= 11 is 0. The second-order valence-electron chi connectivity index (χ2n) is 8.70. The second-order valence-corrected chi connectivity index (χ2v) is 8.70. The molecule has 4 aliphatic heterocycles. The van der Waals surface area contributed by atoms with E-state index in [1.807, 2.05) is 11.7 Å². The topological polar surface area (TPSA) is 44.6 Å². The Bertz CT molecular complexity index is 650. The van der Waals surface area contributed by atoms with Crippen LogP contribution in [0.2, 0.25) is 0 Å². The van der Waals surface area contributed by atoms with Gasteiger partial charge in [0, 0.05) is 50.5 Å². The summed E-state index contributed by atoms with van der Waals surface area (Å²) in [5, 5.41) is 4.62. The first kappa shape index (κ1) is 18.0. The third kappa shape index (κ3) is 3.18. The van der Waals surface area contributed by atoms with E-state index in [0.29, 0.717) is 24.0 Å². The van der Waals surface area contributed by atoms with E-state index >= 15 is 0 Å². The van der Waals surface area contributed by atoms with E-state index in [0.717, 1.165) is 51.1 Å². The predicted octanol–water partition coefficient (Wildman–Crippen LogP) is 1.78. The Hall–Kier alpha value is -1.40. The molecule has 0 aromatic carbocycles. The molecular weight excluding hydrogens is 326 g/mol. The van der Waals surface area contributed by atoms with E-state index in [4.69, 9.17) is 0 Å². The number of aromatic nitrogens is 2. The van der Waals surface area contributed by atoms with E-state index in [1.54, 1.807) is 0 Å². The average Bonchev–Trinajstić information content (AvgIpc) is 3.22. The lowest BCUT2D eigenvalue weighted by Gasteiger charge is -2.52. The highest BCUT2D eigenvalue weighted by atomic mass is 16.2. The highest BCUT2D eigenvalue weighted by molar-refractivity contribution is 5.83. The Kier molecular flexibility index (Phi) is 4.82. The standard InChI is InChI=1S/C20H33N5O/c1-14(2)24-9-5-6-19(24)20(26)25-13-17-7-8-18(25)12-23(17)11-16-10-15(3)22(4)21-16/h10,14,17-19H,5-9,11-13H2,1-4H3. The van der Waals surface area contributed by atoms with Crippen LogP contribution in [0.4, 0.5) is 0 Å². The Labute approximate surface area is 157 Å². The van der Waals surface area contributed by atoms with Crippen LogP contribution in [-0.2, 0) is 18.4 Å². The fourth-order valence-corrected chi connectivity index (χ4v) is 5.16. The molecule has 26 heavy (non-hydrogen) atoms. The monoisotopic (exact) mass is 359 g/mol. The molecule has 144 valence electrons. The van der Waals surface area contributed by atoms with E-state index in [1.165, 1.54) is 12.1 Å². The van der Waals surface area contributed by atoms with Gasteiger partial charge in [-0.3, -0.25) is 19.3 Å². The van der Waals surface area contributed by atoms with Crippen molar-refractivity contribution in [1.29, 1.82) is 0 Å². The molecule has 6 heteroatoms. The zero-order valence-corrected chi connectivity index (χ0v) is 16.7. The van der Waals surface area contributed by atoms with Gasteiger partial charge >= 0.3 is 0 Å². The maximum Gasteiger partial charge on any atom is 0.240 e. The fraction of sp³-hybridized carbons (Fsp3) is 0.800. The number of rotatable bonds is 4. The van der Waals surface area contributed by atoms with Crippen molar-refractivity contribution in [2.45, 2.75) is 77.2 Å². The van der Waals surface area contributed by atoms with Gasteiger partial charge in [0.15, 0.2) is 0 Å².